The summed E-state index contributed by atoms with van der Waals surface area (Å²) in [7, 11) is 3.16. The first-order chi connectivity index (χ1) is 12.6. The molecule has 138 valence electrons. The van der Waals surface area contributed by atoms with Crippen LogP contribution in [0.1, 0.15) is 12.5 Å². The number of nitrogens with one attached hydrogen (secondary N) is 2. The Balaban J connectivity index is 2.01. The predicted molar refractivity (Wildman–Crippen MR) is 109 cm³/mol. The fourth-order valence-corrected chi connectivity index (χ4v) is 2.57. The largest absolute Gasteiger partial charge is 0.497 e. The average Bonchev–Trinajstić information content (AvgIpc) is 2.63. The van der Waals surface area contributed by atoms with Gasteiger partial charge in [0.15, 0.2) is 16.6 Å². The lowest BCUT2D eigenvalue weighted by Gasteiger charge is -2.12. The van der Waals surface area contributed by atoms with Crippen molar-refractivity contribution in [2.75, 3.05) is 26.1 Å². The third kappa shape index (κ3) is 5.50. The number of benzene rings is 2. The maximum atomic E-state index is 6.23. The number of thiocarbonyl (C=S) groups is 1. The lowest BCUT2D eigenvalue weighted by atomic mass is 10.2. The molecule has 0 aromatic heterocycles. The molecule has 2 aromatic rings. The summed E-state index contributed by atoms with van der Waals surface area (Å²) in [5, 5.41) is 7.92. The molecular weight excluding hydrogens is 374 g/mol. The Labute approximate surface area is 163 Å². The van der Waals surface area contributed by atoms with Crippen molar-refractivity contribution in [3.8, 4) is 17.2 Å². The minimum absolute atomic E-state index is 0.346. The van der Waals surface area contributed by atoms with Crippen LogP contribution in [0.15, 0.2) is 41.5 Å². The van der Waals surface area contributed by atoms with E-state index in [1.807, 2.05) is 31.2 Å². The van der Waals surface area contributed by atoms with Crippen LogP contribution in [0.25, 0.3) is 0 Å². The van der Waals surface area contributed by atoms with Gasteiger partial charge in [0.05, 0.1) is 32.1 Å². The third-order valence-electron chi connectivity index (χ3n) is 3.25. The van der Waals surface area contributed by atoms with Gasteiger partial charge >= 0.3 is 0 Å². The lowest BCUT2D eigenvalue weighted by molar-refractivity contribution is 0.311. The fraction of sp³-hybridized carbons (Fsp3) is 0.222. The molecule has 0 heterocycles. The van der Waals surface area contributed by atoms with Gasteiger partial charge in [-0.05, 0) is 49.0 Å². The Morgan fingerprint density at radius 3 is 2.73 bits per heavy atom. The Morgan fingerprint density at radius 1 is 1.23 bits per heavy atom. The molecule has 0 radical (unpaired) electrons. The lowest BCUT2D eigenvalue weighted by Crippen LogP contribution is -2.23. The zero-order chi connectivity index (χ0) is 18.9. The molecule has 0 spiro atoms. The average molecular weight is 394 g/mol. The van der Waals surface area contributed by atoms with Gasteiger partial charge in [0.1, 0.15) is 5.75 Å². The molecule has 8 heteroatoms. The van der Waals surface area contributed by atoms with Crippen molar-refractivity contribution in [1.82, 2.24) is 5.43 Å². The van der Waals surface area contributed by atoms with Crippen LogP contribution < -0.4 is 25.0 Å². The number of ether oxygens (including phenoxy) is 3. The molecule has 0 aliphatic heterocycles. The van der Waals surface area contributed by atoms with Crippen molar-refractivity contribution in [2.45, 2.75) is 6.92 Å². The van der Waals surface area contributed by atoms with Crippen molar-refractivity contribution in [1.29, 1.82) is 0 Å². The zero-order valence-corrected chi connectivity index (χ0v) is 16.3. The van der Waals surface area contributed by atoms with E-state index in [0.717, 1.165) is 17.0 Å². The van der Waals surface area contributed by atoms with E-state index >= 15 is 0 Å². The predicted octanol–water partition coefficient (Wildman–Crippen LogP) is 4.08. The Bertz CT molecular complexity index is 799. The van der Waals surface area contributed by atoms with Crippen molar-refractivity contribution in [3.63, 3.8) is 0 Å². The second kappa shape index (κ2) is 9.84. The zero-order valence-electron chi connectivity index (χ0n) is 14.7. The van der Waals surface area contributed by atoms with E-state index in [-0.39, 0.29) is 0 Å². The van der Waals surface area contributed by atoms with Crippen molar-refractivity contribution in [3.05, 3.63) is 47.0 Å². The topological polar surface area (TPSA) is 64.1 Å². The SMILES string of the molecule is CCOc1c(Cl)cc(/C=N/NC(=S)Nc2cccc(OC)c2)cc1OC. The highest BCUT2D eigenvalue weighted by molar-refractivity contribution is 7.80. The molecule has 0 amide bonds. The van der Waals surface area contributed by atoms with E-state index in [2.05, 4.69) is 15.8 Å². The quantitative estimate of drug-likeness (QED) is 0.420. The summed E-state index contributed by atoms with van der Waals surface area (Å²) >= 11 is 11.4. The van der Waals surface area contributed by atoms with E-state index in [4.69, 9.17) is 38.0 Å². The standard InChI is InChI=1S/C18H20ClN3O3S/c1-4-25-17-15(19)8-12(9-16(17)24-3)11-20-22-18(26)21-13-6-5-7-14(10-13)23-2/h5-11H,4H2,1-3H3,(H2,21,22,26)/b20-11+. The molecule has 0 unspecified atom stereocenters. The first-order valence-corrected chi connectivity index (χ1v) is 8.60. The first kappa shape index (κ1) is 19.8. The molecule has 0 atom stereocenters. The van der Waals surface area contributed by atoms with Crippen molar-refractivity contribution in [2.24, 2.45) is 5.10 Å². The van der Waals surface area contributed by atoms with Crippen LogP contribution in [-0.4, -0.2) is 32.2 Å². The van der Waals surface area contributed by atoms with E-state index in [9.17, 15) is 0 Å². The van der Waals surface area contributed by atoms with Gasteiger partial charge in [-0.3, -0.25) is 5.43 Å². The van der Waals surface area contributed by atoms with Gasteiger partial charge in [0, 0.05) is 11.8 Å². The Morgan fingerprint density at radius 2 is 2.04 bits per heavy atom. The van der Waals surface area contributed by atoms with Gasteiger partial charge in [0.2, 0.25) is 0 Å². The van der Waals surface area contributed by atoms with Crippen LogP contribution in [-0.2, 0) is 0 Å². The van der Waals surface area contributed by atoms with E-state index in [0.29, 0.717) is 28.2 Å². The summed E-state index contributed by atoms with van der Waals surface area (Å²) in [6, 6.07) is 10.9. The van der Waals surface area contributed by atoms with Gasteiger partial charge in [0.25, 0.3) is 0 Å². The van der Waals surface area contributed by atoms with Crippen LogP contribution in [0.4, 0.5) is 5.69 Å². The molecule has 6 nitrogen and oxygen atoms in total. The van der Waals surface area contributed by atoms with Crippen LogP contribution in [0, 0.1) is 0 Å². The minimum atomic E-state index is 0.346. The van der Waals surface area contributed by atoms with Crippen LogP contribution in [0.5, 0.6) is 17.2 Å². The summed E-state index contributed by atoms with van der Waals surface area (Å²) in [4.78, 5) is 0. The van der Waals surface area contributed by atoms with Crippen molar-refractivity contribution < 1.29 is 14.2 Å². The van der Waals surface area contributed by atoms with Crippen molar-refractivity contribution >= 4 is 40.8 Å². The molecular formula is C18H20ClN3O3S. The normalized spacial score (nSPS) is 10.5. The number of halogens is 1. The van der Waals surface area contributed by atoms with E-state index < -0.39 is 0 Å². The smallest absolute Gasteiger partial charge is 0.191 e. The second-order valence-electron chi connectivity index (χ2n) is 5.02. The fourth-order valence-electron chi connectivity index (χ4n) is 2.12. The molecule has 0 saturated heterocycles. The highest BCUT2D eigenvalue weighted by atomic mass is 35.5. The number of hydrogen-bond acceptors (Lipinski definition) is 5. The summed E-state index contributed by atoms with van der Waals surface area (Å²) < 4.78 is 16.0. The number of nitrogens with zero attached hydrogens (tertiary/aromatic N) is 1. The van der Waals surface area contributed by atoms with Crippen LogP contribution >= 0.6 is 23.8 Å². The summed E-state index contributed by atoms with van der Waals surface area (Å²) in [6.07, 6.45) is 1.59. The molecule has 26 heavy (non-hydrogen) atoms. The summed E-state index contributed by atoms with van der Waals surface area (Å²) in [5.41, 5.74) is 4.28. The molecule has 2 N–H and O–H groups in total. The highest BCUT2D eigenvalue weighted by Crippen LogP contribution is 2.35. The molecule has 0 bridgehead atoms. The number of methoxy groups -OCH3 is 2. The van der Waals surface area contributed by atoms with Gasteiger partial charge in [-0.15, -0.1) is 0 Å². The highest BCUT2D eigenvalue weighted by Gasteiger charge is 2.10. The van der Waals surface area contributed by atoms with Gasteiger partial charge < -0.3 is 19.5 Å². The van der Waals surface area contributed by atoms with Crippen LogP contribution in [0.3, 0.4) is 0 Å². The minimum Gasteiger partial charge on any atom is -0.497 e. The molecule has 2 rings (SSSR count). The number of hydrazone groups is 1. The maximum Gasteiger partial charge on any atom is 0.191 e. The molecule has 2 aromatic carbocycles. The molecule has 0 fully saturated rings. The number of anilines is 1. The monoisotopic (exact) mass is 393 g/mol. The number of hydrogen-bond donors (Lipinski definition) is 2. The van der Waals surface area contributed by atoms with Gasteiger partial charge in [-0.25, -0.2) is 0 Å². The molecule has 0 saturated carbocycles. The van der Waals surface area contributed by atoms with E-state index in [1.165, 1.54) is 0 Å². The maximum absolute atomic E-state index is 6.23. The van der Waals surface area contributed by atoms with Gasteiger partial charge in [-0.2, -0.15) is 5.10 Å². The second-order valence-corrected chi connectivity index (χ2v) is 5.84. The third-order valence-corrected chi connectivity index (χ3v) is 3.72. The van der Waals surface area contributed by atoms with Crippen LogP contribution in [0.2, 0.25) is 5.02 Å². The molecule has 0 aliphatic rings. The summed E-state index contributed by atoms with van der Waals surface area (Å²) in [5.74, 6) is 1.78. The number of rotatable bonds is 7. The summed E-state index contributed by atoms with van der Waals surface area (Å²) in [6.45, 7) is 2.38. The Kier molecular flexibility index (Phi) is 7.50. The van der Waals surface area contributed by atoms with Gasteiger partial charge in [-0.1, -0.05) is 17.7 Å². The van der Waals surface area contributed by atoms with E-state index in [1.54, 1.807) is 32.6 Å². The Hall–Kier alpha value is -2.51. The first-order valence-electron chi connectivity index (χ1n) is 7.81. The molecule has 0 aliphatic carbocycles.